The van der Waals surface area contributed by atoms with E-state index < -0.39 is 15.5 Å². The summed E-state index contributed by atoms with van der Waals surface area (Å²) < 4.78 is 24.0. The Hall–Kier alpha value is -1.64. The first-order chi connectivity index (χ1) is 15.4. The fourth-order valence-corrected chi connectivity index (χ4v) is 9.12. The van der Waals surface area contributed by atoms with Gasteiger partial charge in [0.05, 0.1) is 19.4 Å². The van der Waals surface area contributed by atoms with E-state index in [-0.39, 0.29) is 36.6 Å². The van der Waals surface area contributed by atoms with E-state index in [1.807, 2.05) is 65.8 Å². The Balaban J connectivity index is 2.56. The van der Waals surface area contributed by atoms with Crippen molar-refractivity contribution >= 4 is 26.6 Å². The molecule has 0 aliphatic carbocycles. The van der Waals surface area contributed by atoms with Crippen molar-refractivity contribution < 1.29 is 23.2 Å². The molecule has 0 radical (unpaired) electrons. The van der Waals surface area contributed by atoms with Gasteiger partial charge in [0.15, 0.2) is 11.0 Å². The molecule has 0 unspecified atom stereocenters. The first-order valence-electron chi connectivity index (χ1n) is 11.3. The van der Waals surface area contributed by atoms with Gasteiger partial charge < -0.3 is 9.05 Å². The van der Waals surface area contributed by atoms with Crippen molar-refractivity contribution in [1.29, 1.82) is 0 Å². The lowest BCUT2D eigenvalue weighted by molar-refractivity contribution is 0.105. The Kier molecular flexibility index (Phi) is 9.76. The predicted molar refractivity (Wildman–Crippen MR) is 137 cm³/mol. The molecular weight excluding hydrogens is 454 g/mol. The number of carbonyl (C=O) groups excluding carboxylic acids is 2. The maximum absolute atomic E-state index is 13.9. The molecule has 0 amide bonds. The van der Waals surface area contributed by atoms with Crippen LogP contribution in [0, 0.1) is 41.5 Å². The Labute approximate surface area is 199 Å². The Morgan fingerprint density at radius 1 is 0.727 bits per heavy atom. The highest BCUT2D eigenvalue weighted by atomic mass is 31.2. The molecule has 0 N–H and O–H groups in total. The van der Waals surface area contributed by atoms with Gasteiger partial charge in [0, 0.05) is 19.0 Å². The SMILES string of the molecule is CCOP(=O)(CCP(C(=O)c1c(C)cc(C)cc1C)C(=O)c1c(C)cc(C)cc1C)OCC. The second-order valence-electron chi connectivity index (χ2n) is 8.48. The highest BCUT2D eigenvalue weighted by Crippen LogP contribution is 2.53. The van der Waals surface area contributed by atoms with Gasteiger partial charge in [-0.25, -0.2) is 0 Å². The molecule has 0 aromatic heterocycles. The van der Waals surface area contributed by atoms with Crippen LogP contribution in [0.5, 0.6) is 0 Å². The van der Waals surface area contributed by atoms with Crippen LogP contribution in [0.2, 0.25) is 0 Å². The number of aryl methyl sites for hydroxylation is 6. The summed E-state index contributed by atoms with van der Waals surface area (Å²) >= 11 is 0. The summed E-state index contributed by atoms with van der Waals surface area (Å²) in [5.41, 5.74) is 6.38. The van der Waals surface area contributed by atoms with E-state index in [4.69, 9.17) is 9.05 Å². The number of benzene rings is 2. The first-order valence-corrected chi connectivity index (χ1v) is 14.6. The fraction of sp³-hybridized carbons (Fsp3) is 0.462. The van der Waals surface area contributed by atoms with Crippen LogP contribution in [0.25, 0.3) is 0 Å². The maximum atomic E-state index is 13.9. The molecule has 0 fully saturated rings. The molecule has 0 spiro atoms. The predicted octanol–water partition coefficient (Wildman–Crippen LogP) is 7.27. The molecule has 2 aromatic carbocycles. The molecule has 0 saturated heterocycles. The minimum atomic E-state index is -3.39. The Bertz CT molecular complexity index is 965. The second-order valence-corrected chi connectivity index (χ2v) is 12.8. The van der Waals surface area contributed by atoms with Gasteiger partial charge in [0.2, 0.25) is 0 Å². The van der Waals surface area contributed by atoms with Crippen molar-refractivity contribution in [3.63, 3.8) is 0 Å². The van der Waals surface area contributed by atoms with E-state index in [0.717, 1.165) is 33.4 Å². The summed E-state index contributed by atoms with van der Waals surface area (Å²) in [5.74, 6) is 0. The number of carbonyl (C=O) groups is 2. The van der Waals surface area contributed by atoms with Gasteiger partial charge in [-0.1, -0.05) is 35.4 Å². The van der Waals surface area contributed by atoms with Crippen molar-refractivity contribution in [1.82, 2.24) is 0 Å². The summed E-state index contributed by atoms with van der Waals surface area (Å²) in [6.45, 7) is 15.6. The third kappa shape index (κ3) is 6.70. The van der Waals surface area contributed by atoms with Crippen LogP contribution < -0.4 is 0 Å². The Morgan fingerprint density at radius 3 is 1.36 bits per heavy atom. The molecule has 0 aliphatic rings. The molecule has 0 atom stereocenters. The number of rotatable bonds is 11. The van der Waals surface area contributed by atoms with Crippen LogP contribution in [0.3, 0.4) is 0 Å². The minimum Gasteiger partial charge on any atom is -0.309 e. The molecule has 7 heteroatoms. The minimum absolute atomic E-state index is 0.0335. The zero-order valence-corrected chi connectivity index (χ0v) is 22.9. The monoisotopic (exact) mass is 490 g/mol. The summed E-state index contributed by atoms with van der Waals surface area (Å²) in [7, 11) is -5.20. The van der Waals surface area contributed by atoms with Crippen molar-refractivity contribution in [2.45, 2.75) is 55.4 Å². The average molecular weight is 491 g/mol. The van der Waals surface area contributed by atoms with Crippen molar-refractivity contribution in [3.8, 4) is 0 Å². The smallest absolute Gasteiger partial charge is 0.309 e. The zero-order valence-electron chi connectivity index (χ0n) is 21.1. The molecule has 33 heavy (non-hydrogen) atoms. The largest absolute Gasteiger partial charge is 0.331 e. The van der Waals surface area contributed by atoms with Gasteiger partial charge in [0.25, 0.3) is 0 Å². The topological polar surface area (TPSA) is 69.7 Å². The molecular formula is C26H36O5P2. The molecule has 0 aliphatic heterocycles. The molecule has 0 saturated carbocycles. The van der Waals surface area contributed by atoms with Gasteiger partial charge in [-0.2, -0.15) is 0 Å². The maximum Gasteiger partial charge on any atom is 0.331 e. The molecule has 180 valence electrons. The molecule has 0 bridgehead atoms. The third-order valence-corrected chi connectivity index (χ3v) is 10.0. The molecule has 2 rings (SSSR count). The molecule has 5 nitrogen and oxygen atoms in total. The van der Waals surface area contributed by atoms with Gasteiger partial charge >= 0.3 is 7.60 Å². The van der Waals surface area contributed by atoms with Crippen LogP contribution >= 0.6 is 15.5 Å². The number of hydrogen-bond acceptors (Lipinski definition) is 5. The second kappa shape index (κ2) is 11.7. The summed E-state index contributed by atoms with van der Waals surface area (Å²) in [6, 6.07) is 7.86. The van der Waals surface area contributed by atoms with Gasteiger partial charge in [-0.3, -0.25) is 14.2 Å². The standard InChI is InChI=1S/C26H36O5P2/c1-9-30-33(29,31-10-2)12-11-32(25(27)23-19(5)13-17(3)14-20(23)6)26(28)24-21(7)15-18(4)16-22(24)8/h13-16H,9-12H2,1-8H3. The zero-order chi connectivity index (χ0) is 24.9. The van der Waals surface area contributed by atoms with E-state index in [0.29, 0.717) is 11.1 Å². The highest BCUT2D eigenvalue weighted by Gasteiger charge is 2.35. The fourth-order valence-electron chi connectivity index (χ4n) is 4.38. The van der Waals surface area contributed by atoms with Crippen LogP contribution in [0.4, 0.5) is 0 Å². The average Bonchev–Trinajstić information content (AvgIpc) is 2.66. The summed E-state index contributed by atoms with van der Waals surface area (Å²) in [4.78, 5) is 27.7. The Morgan fingerprint density at radius 2 is 1.06 bits per heavy atom. The van der Waals surface area contributed by atoms with E-state index in [1.54, 1.807) is 13.8 Å². The van der Waals surface area contributed by atoms with Gasteiger partial charge in [-0.15, -0.1) is 0 Å². The molecule has 2 aromatic rings. The highest BCUT2D eigenvalue weighted by molar-refractivity contribution is 7.90. The summed E-state index contributed by atoms with van der Waals surface area (Å²) in [6.07, 6.45) is 0.190. The lowest BCUT2D eigenvalue weighted by Crippen LogP contribution is -2.16. The van der Waals surface area contributed by atoms with Gasteiger partial charge in [0.1, 0.15) is 0 Å². The van der Waals surface area contributed by atoms with Crippen LogP contribution in [0.15, 0.2) is 24.3 Å². The number of hydrogen-bond donors (Lipinski definition) is 0. The molecule has 0 heterocycles. The van der Waals surface area contributed by atoms with Crippen LogP contribution in [-0.4, -0.2) is 36.6 Å². The quantitative estimate of drug-likeness (QED) is 0.310. The normalized spacial score (nSPS) is 11.8. The van der Waals surface area contributed by atoms with Crippen molar-refractivity contribution in [2.75, 3.05) is 25.5 Å². The lowest BCUT2D eigenvalue weighted by atomic mass is 10.0. The van der Waals surface area contributed by atoms with E-state index in [1.165, 1.54) is 0 Å². The van der Waals surface area contributed by atoms with E-state index in [2.05, 4.69) is 0 Å². The lowest BCUT2D eigenvalue weighted by Gasteiger charge is -2.23. The van der Waals surface area contributed by atoms with E-state index >= 15 is 0 Å². The summed E-state index contributed by atoms with van der Waals surface area (Å²) in [5, 5.41) is 0. The van der Waals surface area contributed by atoms with Crippen molar-refractivity contribution in [3.05, 3.63) is 68.8 Å². The van der Waals surface area contributed by atoms with E-state index in [9.17, 15) is 14.2 Å². The van der Waals surface area contributed by atoms with Gasteiger partial charge in [-0.05, 0) is 83.8 Å². The van der Waals surface area contributed by atoms with Crippen LogP contribution in [0.1, 0.15) is 67.9 Å². The van der Waals surface area contributed by atoms with Crippen LogP contribution in [-0.2, 0) is 13.6 Å². The van der Waals surface area contributed by atoms with Crippen molar-refractivity contribution in [2.24, 2.45) is 0 Å². The third-order valence-electron chi connectivity index (χ3n) is 5.52. The first kappa shape index (κ1) is 27.6.